The van der Waals surface area contributed by atoms with E-state index in [0.717, 1.165) is 4.47 Å². The van der Waals surface area contributed by atoms with Crippen LogP contribution in [-0.4, -0.2) is 18.1 Å². The lowest BCUT2D eigenvalue weighted by Gasteiger charge is -2.13. The fraction of sp³-hybridized carbons (Fsp3) is 0.0417. The molecule has 0 saturated heterocycles. The predicted molar refractivity (Wildman–Crippen MR) is 119 cm³/mol. The van der Waals surface area contributed by atoms with E-state index in [9.17, 15) is 14.4 Å². The summed E-state index contributed by atoms with van der Waals surface area (Å²) in [5.41, 5.74) is 0.646. The zero-order valence-electron chi connectivity index (χ0n) is 15.7. The van der Waals surface area contributed by atoms with Crippen molar-refractivity contribution < 1.29 is 14.0 Å². The molecule has 4 aromatic rings. The smallest absolute Gasteiger partial charge is 0.349 e. The fourth-order valence-electron chi connectivity index (χ4n) is 3.18. The fourth-order valence-corrected chi connectivity index (χ4v) is 3.44. The maximum atomic E-state index is 13.1. The summed E-state index contributed by atoms with van der Waals surface area (Å²) in [7, 11) is 0. The number of hydrogen-bond acceptors (Lipinski definition) is 5. The highest BCUT2D eigenvalue weighted by molar-refractivity contribution is 9.10. The third kappa shape index (κ3) is 3.95. The van der Waals surface area contributed by atoms with E-state index in [1.165, 1.54) is 0 Å². The molecule has 5 nitrogen and oxygen atoms in total. The van der Waals surface area contributed by atoms with Crippen molar-refractivity contribution >= 4 is 44.2 Å². The number of carbonyl (C=O) groups is 2. The molecule has 0 aliphatic carbocycles. The number of Topliss-reactive ketones (excluding diaryl/α,β-unsaturated/α-hetero) is 1. The zero-order valence-corrected chi connectivity index (χ0v) is 17.3. The van der Waals surface area contributed by atoms with Crippen LogP contribution in [0.2, 0.25) is 0 Å². The second-order valence-electron chi connectivity index (χ2n) is 6.61. The SMILES string of the molecule is O=C(CNc1c(C(=O)c2ccccc2)c(=O)oc2ccccc12)c1ccc(Br)cc1. The van der Waals surface area contributed by atoms with Gasteiger partial charge in [0.1, 0.15) is 11.1 Å². The van der Waals surface area contributed by atoms with Crippen molar-refractivity contribution in [3.05, 3.63) is 110 Å². The molecule has 0 radical (unpaired) electrons. The van der Waals surface area contributed by atoms with Crippen LogP contribution in [0.5, 0.6) is 0 Å². The van der Waals surface area contributed by atoms with E-state index in [1.807, 2.05) is 0 Å². The van der Waals surface area contributed by atoms with Crippen LogP contribution in [0, 0.1) is 0 Å². The largest absolute Gasteiger partial charge is 0.422 e. The molecule has 1 heterocycles. The Bertz CT molecular complexity index is 1290. The van der Waals surface area contributed by atoms with E-state index in [2.05, 4.69) is 21.2 Å². The first kappa shape index (κ1) is 19.8. The predicted octanol–water partition coefficient (Wildman–Crippen LogP) is 5.08. The van der Waals surface area contributed by atoms with Gasteiger partial charge in [0.15, 0.2) is 5.78 Å². The molecule has 0 atom stereocenters. The number of benzene rings is 3. The van der Waals surface area contributed by atoms with Crippen LogP contribution in [0.15, 0.2) is 92.5 Å². The first-order valence-electron chi connectivity index (χ1n) is 9.23. The molecule has 4 rings (SSSR count). The van der Waals surface area contributed by atoms with Crippen molar-refractivity contribution in [1.29, 1.82) is 0 Å². The van der Waals surface area contributed by atoms with E-state index in [1.54, 1.807) is 78.9 Å². The number of para-hydroxylation sites is 1. The van der Waals surface area contributed by atoms with Gasteiger partial charge in [0.25, 0.3) is 0 Å². The van der Waals surface area contributed by atoms with Gasteiger partial charge in [-0.25, -0.2) is 4.79 Å². The van der Waals surface area contributed by atoms with Gasteiger partial charge in [-0.05, 0) is 24.3 Å². The normalized spacial score (nSPS) is 10.7. The van der Waals surface area contributed by atoms with Crippen molar-refractivity contribution in [2.24, 2.45) is 0 Å². The van der Waals surface area contributed by atoms with Crippen LogP contribution in [-0.2, 0) is 0 Å². The summed E-state index contributed by atoms with van der Waals surface area (Å²) >= 11 is 3.34. The molecule has 1 aromatic heterocycles. The van der Waals surface area contributed by atoms with Crippen molar-refractivity contribution in [3.63, 3.8) is 0 Å². The summed E-state index contributed by atoms with van der Waals surface area (Å²) in [5.74, 6) is -0.633. The molecule has 0 aliphatic heterocycles. The second kappa shape index (κ2) is 8.47. The molecular formula is C24H16BrNO4. The Morgan fingerprint density at radius 1 is 0.833 bits per heavy atom. The Morgan fingerprint density at radius 2 is 1.50 bits per heavy atom. The van der Waals surface area contributed by atoms with Gasteiger partial charge in [-0.2, -0.15) is 0 Å². The van der Waals surface area contributed by atoms with Gasteiger partial charge in [-0.3, -0.25) is 9.59 Å². The molecule has 0 spiro atoms. The molecule has 30 heavy (non-hydrogen) atoms. The third-order valence-corrected chi connectivity index (χ3v) is 5.20. The van der Waals surface area contributed by atoms with Gasteiger partial charge in [0.05, 0.1) is 12.2 Å². The molecular weight excluding hydrogens is 446 g/mol. The Morgan fingerprint density at radius 3 is 2.23 bits per heavy atom. The Kier molecular flexibility index (Phi) is 5.59. The lowest BCUT2D eigenvalue weighted by Crippen LogP contribution is -2.22. The molecule has 3 aromatic carbocycles. The van der Waals surface area contributed by atoms with Gasteiger partial charge in [-0.1, -0.05) is 70.5 Å². The highest BCUT2D eigenvalue weighted by atomic mass is 79.9. The minimum atomic E-state index is -0.749. The molecule has 6 heteroatoms. The van der Waals surface area contributed by atoms with E-state index in [4.69, 9.17) is 4.42 Å². The van der Waals surface area contributed by atoms with E-state index < -0.39 is 11.4 Å². The summed E-state index contributed by atoms with van der Waals surface area (Å²) in [6, 6.07) is 22.4. The molecule has 0 fully saturated rings. The number of anilines is 1. The molecule has 0 bridgehead atoms. The number of hydrogen-bond donors (Lipinski definition) is 1. The van der Waals surface area contributed by atoms with Crippen LogP contribution in [0.1, 0.15) is 26.3 Å². The summed E-state index contributed by atoms with van der Waals surface area (Å²) in [5, 5.41) is 3.57. The van der Waals surface area contributed by atoms with Crippen molar-refractivity contribution in [1.82, 2.24) is 0 Å². The molecule has 0 amide bonds. The lowest BCUT2D eigenvalue weighted by atomic mass is 10.0. The minimum absolute atomic E-state index is 0.0792. The maximum Gasteiger partial charge on any atom is 0.349 e. The number of nitrogens with one attached hydrogen (secondary N) is 1. The van der Waals surface area contributed by atoms with Crippen LogP contribution in [0.3, 0.4) is 0 Å². The van der Waals surface area contributed by atoms with Crippen LogP contribution >= 0.6 is 15.9 Å². The van der Waals surface area contributed by atoms with Crippen molar-refractivity contribution in [2.75, 3.05) is 11.9 Å². The van der Waals surface area contributed by atoms with E-state index in [0.29, 0.717) is 27.8 Å². The summed E-state index contributed by atoms with van der Waals surface area (Å²) in [6.07, 6.45) is 0. The lowest BCUT2D eigenvalue weighted by molar-refractivity contribution is 0.100. The average molecular weight is 462 g/mol. The van der Waals surface area contributed by atoms with Crippen molar-refractivity contribution in [2.45, 2.75) is 0 Å². The minimum Gasteiger partial charge on any atom is -0.422 e. The monoisotopic (exact) mass is 461 g/mol. The quantitative estimate of drug-likeness (QED) is 0.320. The van der Waals surface area contributed by atoms with Gasteiger partial charge < -0.3 is 9.73 Å². The first-order valence-corrected chi connectivity index (χ1v) is 10.0. The van der Waals surface area contributed by atoms with Crippen LogP contribution in [0.4, 0.5) is 5.69 Å². The number of halogens is 1. The molecule has 148 valence electrons. The summed E-state index contributed by atoms with van der Waals surface area (Å²) in [6.45, 7) is -0.0792. The highest BCUT2D eigenvalue weighted by Gasteiger charge is 2.22. The number of carbonyl (C=O) groups excluding carboxylic acids is 2. The van der Waals surface area contributed by atoms with E-state index in [-0.39, 0.29) is 17.9 Å². The van der Waals surface area contributed by atoms with Crippen LogP contribution < -0.4 is 10.9 Å². The molecule has 1 N–H and O–H groups in total. The van der Waals surface area contributed by atoms with Crippen LogP contribution in [0.25, 0.3) is 11.0 Å². The van der Waals surface area contributed by atoms with Crippen molar-refractivity contribution in [3.8, 4) is 0 Å². The van der Waals surface area contributed by atoms with Gasteiger partial charge >= 0.3 is 5.63 Å². The molecule has 0 aliphatic rings. The topological polar surface area (TPSA) is 76.4 Å². The number of fused-ring (bicyclic) bond motifs is 1. The number of rotatable bonds is 6. The second-order valence-corrected chi connectivity index (χ2v) is 7.53. The summed E-state index contributed by atoms with van der Waals surface area (Å²) < 4.78 is 6.24. The Labute approximate surface area is 180 Å². The van der Waals surface area contributed by atoms with Gasteiger partial charge in [0, 0.05) is 21.0 Å². The zero-order chi connectivity index (χ0) is 21.1. The highest BCUT2D eigenvalue weighted by Crippen LogP contribution is 2.27. The first-order chi connectivity index (χ1) is 14.5. The van der Waals surface area contributed by atoms with Gasteiger partial charge in [0.2, 0.25) is 5.78 Å². The third-order valence-electron chi connectivity index (χ3n) is 4.67. The number of ketones is 2. The maximum absolute atomic E-state index is 13.1. The Balaban J connectivity index is 1.76. The van der Waals surface area contributed by atoms with E-state index >= 15 is 0 Å². The van der Waals surface area contributed by atoms with Gasteiger partial charge in [-0.15, -0.1) is 0 Å². The standard InChI is InChI=1S/C24H16BrNO4/c25-17-12-10-15(11-13-17)19(27)14-26-22-18-8-4-5-9-20(18)30-24(29)21(22)23(28)16-6-2-1-3-7-16/h1-13,26H,14H2. The summed E-state index contributed by atoms with van der Waals surface area (Å²) in [4.78, 5) is 38.4. The average Bonchev–Trinajstić information content (AvgIpc) is 2.77. The Hall–Kier alpha value is -3.51. The molecule has 0 saturated carbocycles. The molecule has 0 unspecified atom stereocenters.